The van der Waals surface area contributed by atoms with Crippen molar-refractivity contribution in [3.63, 3.8) is 0 Å². The Balaban J connectivity index is 2.36. The molecule has 7 heteroatoms. The normalized spacial score (nSPS) is 11.2. The second-order valence-electron chi connectivity index (χ2n) is 4.46. The molecule has 0 aliphatic carbocycles. The molecule has 3 aromatic rings. The third kappa shape index (κ3) is 2.40. The fourth-order valence-corrected chi connectivity index (χ4v) is 3.06. The summed E-state index contributed by atoms with van der Waals surface area (Å²) in [7, 11) is 0. The lowest BCUT2D eigenvalue weighted by atomic mass is 10.2. The number of rotatable bonds is 2. The van der Waals surface area contributed by atoms with E-state index in [2.05, 4.69) is 20.9 Å². The number of benzene rings is 2. The van der Waals surface area contributed by atoms with Crippen LogP contribution in [0.1, 0.15) is 5.82 Å². The summed E-state index contributed by atoms with van der Waals surface area (Å²) in [5.74, 6) is 0.468. The summed E-state index contributed by atoms with van der Waals surface area (Å²) in [4.78, 5) is 4.38. The molecule has 0 fully saturated rings. The molecule has 0 aliphatic heterocycles. The van der Waals surface area contributed by atoms with Crippen LogP contribution in [0.4, 0.5) is 5.69 Å². The highest BCUT2D eigenvalue weighted by Gasteiger charge is 2.17. The Bertz CT molecular complexity index is 848. The molecule has 1 heterocycles. The highest BCUT2D eigenvalue weighted by molar-refractivity contribution is 9.10. The van der Waals surface area contributed by atoms with Crippen LogP contribution in [-0.4, -0.2) is 14.7 Å². The molecule has 108 valence electrons. The van der Waals surface area contributed by atoms with Crippen molar-refractivity contribution in [3.05, 3.63) is 50.7 Å². The van der Waals surface area contributed by atoms with Gasteiger partial charge in [-0.1, -0.05) is 23.2 Å². The average Bonchev–Trinajstić information content (AvgIpc) is 2.82. The first-order valence-electron chi connectivity index (χ1n) is 6.04. The van der Waals surface area contributed by atoms with E-state index in [0.29, 0.717) is 37.2 Å². The fourth-order valence-electron chi connectivity index (χ4n) is 2.21. The zero-order valence-electron chi connectivity index (χ0n) is 10.6. The van der Waals surface area contributed by atoms with Crippen LogP contribution in [0.15, 0.2) is 34.8 Å². The van der Waals surface area contributed by atoms with Gasteiger partial charge in [-0.25, -0.2) is 4.98 Å². The highest BCUT2D eigenvalue weighted by Crippen LogP contribution is 2.36. The van der Waals surface area contributed by atoms with Gasteiger partial charge in [-0.2, -0.15) is 0 Å². The number of nitrogens with zero attached hydrogens (tertiary/aromatic N) is 2. The molecule has 3 N–H and O–H groups in total. The van der Waals surface area contributed by atoms with E-state index in [9.17, 15) is 5.11 Å². The summed E-state index contributed by atoms with van der Waals surface area (Å²) in [5, 5.41) is 10.4. The summed E-state index contributed by atoms with van der Waals surface area (Å²) in [5.41, 5.74) is 8.52. The average molecular weight is 387 g/mol. The van der Waals surface area contributed by atoms with Crippen molar-refractivity contribution in [3.8, 4) is 5.69 Å². The lowest BCUT2D eigenvalue weighted by Gasteiger charge is -2.12. The van der Waals surface area contributed by atoms with Crippen LogP contribution in [0.2, 0.25) is 10.0 Å². The van der Waals surface area contributed by atoms with Crippen molar-refractivity contribution in [1.29, 1.82) is 0 Å². The number of aliphatic hydroxyl groups is 1. The molecule has 3 rings (SSSR count). The molecule has 0 unspecified atom stereocenters. The van der Waals surface area contributed by atoms with Crippen molar-refractivity contribution >= 4 is 55.9 Å². The van der Waals surface area contributed by atoms with Gasteiger partial charge in [-0.05, 0) is 46.3 Å². The van der Waals surface area contributed by atoms with E-state index >= 15 is 0 Å². The molecule has 0 saturated heterocycles. The molecule has 21 heavy (non-hydrogen) atoms. The van der Waals surface area contributed by atoms with Crippen molar-refractivity contribution in [2.75, 3.05) is 5.73 Å². The van der Waals surface area contributed by atoms with Crippen molar-refractivity contribution in [2.24, 2.45) is 0 Å². The van der Waals surface area contributed by atoms with E-state index in [4.69, 9.17) is 28.9 Å². The third-order valence-electron chi connectivity index (χ3n) is 3.15. The molecule has 0 bridgehead atoms. The van der Waals surface area contributed by atoms with Crippen LogP contribution in [0.3, 0.4) is 0 Å². The van der Waals surface area contributed by atoms with E-state index in [0.717, 1.165) is 5.52 Å². The number of imidazole rings is 1. The Labute approximate surface area is 139 Å². The smallest absolute Gasteiger partial charge is 0.140 e. The number of anilines is 1. The molecular formula is C14H10BrCl2N3O. The van der Waals surface area contributed by atoms with Crippen LogP contribution in [0.25, 0.3) is 16.7 Å². The minimum Gasteiger partial charge on any atom is -0.399 e. The Morgan fingerprint density at radius 2 is 1.95 bits per heavy atom. The lowest BCUT2D eigenvalue weighted by Crippen LogP contribution is -2.02. The van der Waals surface area contributed by atoms with E-state index < -0.39 is 0 Å². The zero-order chi connectivity index (χ0) is 15.1. The van der Waals surface area contributed by atoms with Gasteiger partial charge in [0.25, 0.3) is 0 Å². The summed E-state index contributed by atoms with van der Waals surface area (Å²) >= 11 is 15.8. The molecular weight excluding hydrogens is 377 g/mol. The second kappa shape index (κ2) is 5.50. The van der Waals surface area contributed by atoms with Crippen LogP contribution >= 0.6 is 39.1 Å². The number of aromatic nitrogens is 2. The van der Waals surface area contributed by atoms with Crippen molar-refractivity contribution < 1.29 is 5.11 Å². The summed E-state index contributed by atoms with van der Waals surface area (Å²) < 4.78 is 2.48. The number of nitrogen functional groups attached to an aromatic ring is 1. The lowest BCUT2D eigenvalue weighted by molar-refractivity contribution is 0.270. The quantitative estimate of drug-likeness (QED) is 0.513. The number of halogens is 3. The van der Waals surface area contributed by atoms with Crippen LogP contribution < -0.4 is 5.73 Å². The minimum absolute atomic E-state index is 0.224. The zero-order valence-corrected chi connectivity index (χ0v) is 13.7. The van der Waals surface area contributed by atoms with Crippen molar-refractivity contribution in [2.45, 2.75) is 6.61 Å². The number of aliphatic hydroxyl groups excluding tert-OH is 1. The van der Waals surface area contributed by atoms with Gasteiger partial charge >= 0.3 is 0 Å². The monoisotopic (exact) mass is 385 g/mol. The first kappa shape index (κ1) is 14.7. The molecule has 4 nitrogen and oxygen atoms in total. The predicted octanol–water partition coefficient (Wildman–Crippen LogP) is 4.17. The van der Waals surface area contributed by atoms with Gasteiger partial charge in [0.15, 0.2) is 0 Å². The van der Waals surface area contributed by atoms with Crippen LogP contribution in [0.5, 0.6) is 0 Å². The van der Waals surface area contributed by atoms with Crippen LogP contribution in [0, 0.1) is 0 Å². The van der Waals surface area contributed by atoms with Gasteiger partial charge in [0.05, 0.1) is 26.8 Å². The maximum Gasteiger partial charge on any atom is 0.140 e. The van der Waals surface area contributed by atoms with E-state index in [1.165, 1.54) is 0 Å². The first-order valence-corrected chi connectivity index (χ1v) is 7.59. The number of hydrogen-bond donors (Lipinski definition) is 2. The Morgan fingerprint density at radius 3 is 2.67 bits per heavy atom. The fraction of sp³-hybridized carbons (Fsp3) is 0.0714. The molecule has 0 spiro atoms. The van der Waals surface area contributed by atoms with Gasteiger partial charge in [0.1, 0.15) is 12.4 Å². The molecule has 2 aromatic carbocycles. The van der Waals surface area contributed by atoms with Gasteiger partial charge in [-0.15, -0.1) is 0 Å². The first-order chi connectivity index (χ1) is 10.0. The third-order valence-corrected chi connectivity index (χ3v) is 4.91. The molecule has 0 aliphatic rings. The summed E-state index contributed by atoms with van der Waals surface area (Å²) in [6.45, 7) is -0.224. The second-order valence-corrected chi connectivity index (χ2v) is 6.07. The summed E-state index contributed by atoms with van der Waals surface area (Å²) in [6.07, 6.45) is 0. The molecule has 0 radical (unpaired) electrons. The number of fused-ring (bicyclic) bond motifs is 1. The Kier molecular flexibility index (Phi) is 3.84. The van der Waals surface area contributed by atoms with Gasteiger partial charge in [0, 0.05) is 10.2 Å². The molecule has 0 atom stereocenters. The standard InChI is InChI=1S/C14H10BrCl2N3O/c15-8-2-4-11(14(17)13(8)16)20-10-3-1-7(18)5-9(10)19-12(20)6-21/h1-5,21H,6,18H2. The van der Waals surface area contributed by atoms with E-state index in [1.54, 1.807) is 22.8 Å². The Morgan fingerprint density at radius 1 is 1.19 bits per heavy atom. The predicted molar refractivity (Wildman–Crippen MR) is 89.1 cm³/mol. The van der Waals surface area contributed by atoms with E-state index in [-0.39, 0.29) is 6.61 Å². The molecule has 0 saturated carbocycles. The maximum absolute atomic E-state index is 9.56. The maximum atomic E-state index is 9.56. The van der Waals surface area contributed by atoms with Gasteiger partial charge in [0.2, 0.25) is 0 Å². The molecule has 1 aromatic heterocycles. The Hall–Kier alpha value is -1.27. The van der Waals surface area contributed by atoms with Crippen molar-refractivity contribution in [1.82, 2.24) is 9.55 Å². The molecule has 0 amide bonds. The number of nitrogens with two attached hydrogens (primary N) is 1. The van der Waals surface area contributed by atoms with Gasteiger partial charge in [-0.3, -0.25) is 4.57 Å². The number of hydrogen-bond acceptors (Lipinski definition) is 3. The highest BCUT2D eigenvalue weighted by atomic mass is 79.9. The van der Waals surface area contributed by atoms with E-state index in [1.807, 2.05) is 12.1 Å². The van der Waals surface area contributed by atoms with Gasteiger partial charge < -0.3 is 10.8 Å². The van der Waals surface area contributed by atoms with Crippen LogP contribution in [-0.2, 0) is 6.61 Å². The summed E-state index contributed by atoms with van der Waals surface area (Å²) in [6, 6.07) is 8.97. The minimum atomic E-state index is -0.224. The largest absolute Gasteiger partial charge is 0.399 e. The topological polar surface area (TPSA) is 64.1 Å². The SMILES string of the molecule is Nc1ccc2c(c1)nc(CO)n2-c1ccc(Br)c(Cl)c1Cl.